The first-order valence-corrected chi connectivity index (χ1v) is 5.49. The summed E-state index contributed by atoms with van der Waals surface area (Å²) in [6.45, 7) is 3.15. The summed E-state index contributed by atoms with van der Waals surface area (Å²) >= 11 is 0. The summed E-state index contributed by atoms with van der Waals surface area (Å²) in [5.74, 6) is 0.838. The van der Waals surface area contributed by atoms with Crippen LogP contribution in [0, 0.1) is 0 Å². The Hall–Kier alpha value is -1.71. The highest BCUT2D eigenvalue weighted by Gasteiger charge is 2.26. The highest BCUT2D eigenvalue weighted by molar-refractivity contribution is 6.04. The van der Waals surface area contributed by atoms with Gasteiger partial charge in [0.25, 0.3) is 0 Å². The third kappa shape index (κ3) is 1.71. The molecule has 4 nitrogen and oxygen atoms in total. The third-order valence-corrected chi connectivity index (χ3v) is 2.67. The minimum absolute atomic E-state index is 0.0962. The Balaban J connectivity index is 2.47. The topological polar surface area (TPSA) is 41.6 Å². The molecule has 0 unspecified atom stereocenters. The van der Waals surface area contributed by atoms with Crippen LogP contribution in [0.25, 0.3) is 0 Å². The lowest BCUT2D eigenvalue weighted by atomic mass is 10.1. The van der Waals surface area contributed by atoms with Crippen LogP contribution in [0.3, 0.4) is 0 Å². The Morgan fingerprint density at radius 2 is 2.31 bits per heavy atom. The molecule has 86 valence electrons. The molecule has 4 heteroatoms. The number of rotatable bonds is 3. The predicted molar refractivity (Wildman–Crippen MR) is 64.1 cm³/mol. The van der Waals surface area contributed by atoms with E-state index in [0.717, 1.165) is 30.1 Å². The van der Waals surface area contributed by atoms with E-state index in [1.54, 1.807) is 12.0 Å². The van der Waals surface area contributed by atoms with Crippen LogP contribution in [0.2, 0.25) is 0 Å². The molecule has 1 N–H and O–H groups in total. The smallest absolute Gasteiger partial charge is 0.246 e. The zero-order chi connectivity index (χ0) is 11.5. The number of anilines is 2. The van der Waals surface area contributed by atoms with Crippen molar-refractivity contribution in [3.8, 4) is 5.75 Å². The Morgan fingerprint density at radius 3 is 3.00 bits per heavy atom. The van der Waals surface area contributed by atoms with Gasteiger partial charge in [-0.1, -0.05) is 13.0 Å². The molecule has 0 saturated carbocycles. The zero-order valence-corrected chi connectivity index (χ0v) is 9.62. The first-order valence-electron chi connectivity index (χ1n) is 5.49. The van der Waals surface area contributed by atoms with Crippen molar-refractivity contribution in [2.75, 3.05) is 30.4 Å². The second-order valence-corrected chi connectivity index (χ2v) is 3.76. The molecular formula is C12H16N2O2. The number of amides is 1. The molecule has 1 amide bonds. The second kappa shape index (κ2) is 4.43. The molecule has 0 bridgehead atoms. The van der Waals surface area contributed by atoms with E-state index in [1.165, 1.54) is 0 Å². The van der Waals surface area contributed by atoms with Crippen LogP contribution < -0.4 is 15.0 Å². The van der Waals surface area contributed by atoms with Crippen molar-refractivity contribution in [1.29, 1.82) is 0 Å². The summed E-state index contributed by atoms with van der Waals surface area (Å²) in [5.41, 5.74) is 1.83. The molecule has 1 aromatic carbocycles. The minimum Gasteiger partial charge on any atom is -0.494 e. The number of hydrogen-bond acceptors (Lipinski definition) is 3. The van der Waals surface area contributed by atoms with Crippen molar-refractivity contribution in [3.05, 3.63) is 18.2 Å². The van der Waals surface area contributed by atoms with Crippen molar-refractivity contribution in [1.82, 2.24) is 0 Å². The van der Waals surface area contributed by atoms with Gasteiger partial charge in [0, 0.05) is 6.54 Å². The lowest BCUT2D eigenvalue weighted by Crippen LogP contribution is -2.40. The monoisotopic (exact) mass is 220 g/mol. The van der Waals surface area contributed by atoms with Crippen molar-refractivity contribution < 1.29 is 9.53 Å². The number of para-hydroxylation sites is 1. The van der Waals surface area contributed by atoms with Gasteiger partial charge >= 0.3 is 0 Å². The summed E-state index contributed by atoms with van der Waals surface area (Å²) in [6, 6.07) is 5.76. The number of ether oxygens (including phenoxy) is 1. The summed E-state index contributed by atoms with van der Waals surface area (Å²) in [7, 11) is 1.62. The SMILES string of the molecule is CCCN1C(=O)CNc2cccc(OC)c21. The van der Waals surface area contributed by atoms with E-state index in [9.17, 15) is 4.79 Å². The molecule has 1 heterocycles. The van der Waals surface area contributed by atoms with Gasteiger partial charge in [-0.3, -0.25) is 4.79 Å². The zero-order valence-electron chi connectivity index (χ0n) is 9.62. The van der Waals surface area contributed by atoms with Crippen molar-refractivity contribution >= 4 is 17.3 Å². The number of carbonyl (C=O) groups is 1. The quantitative estimate of drug-likeness (QED) is 0.845. The fourth-order valence-corrected chi connectivity index (χ4v) is 1.96. The van der Waals surface area contributed by atoms with Crippen LogP contribution in [0.4, 0.5) is 11.4 Å². The Kier molecular flexibility index (Phi) is 2.99. The standard InChI is InChI=1S/C12H16N2O2/c1-3-7-14-11(15)8-13-9-5-4-6-10(16-2)12(9)14/h4-6,13H,3,7-8H2,1-2H3. The van der Waals surface area contributed by atoms with Gasteiger partial charge in [-0.15, -0.1) is 0 Å². The average molecular weight is 220 g/mol. The van der Waals surface area contributed by atoms with E-state index < -0.39 is 0 Å². The Bertz CT molecular complexity index is 390. The highest BCUT2D eigenvalue weighted by atomic mass is 16.5. The lowest BCUT2D eigenvalue weighted by Gasteiger charge is -2.31. The summed E-state index contributed by atoms with van der Waals surface area (Å²) in [5, 5.41) is 3.10. The van der Waals surface area contributed by atoms with Gasteiger partial charge in [-0.25, -0.2) is 0 Å². The summed E-state index contributed by atoms with van der Waals surface area (Å²) in [6.07, 6.45) is 0.934. The highest BCUT2D eigenvalue weighted by Crippen LogP contribution is 2.38. The van der Waals surface area contributed by atoms with Crippen LogP contribution >= 0.6 is 0 Å². The molecule has 0 atom stereocenters. The third-order valence-electron chi connectivity index (χ3n) is 2.67. The maximum Gasteiger partial charge on any atom is 0.246 e. The lowest BCUT2D eigenvalue weighted by molar-refractivity contribution is -0.117. The van der Waals surface area contributed by atoms with Gasteiger partial charge in [0.2, 0.25) is 5.91 Å². The number of methoxy groups -OCH3 is 1. The summed E-state index contributed by atoms with van der Waals surface area (Å²) < 4.78 is 5.30. The fraction of sp³-hybridized carbons (Fsp3) is 0.417. The summed E-state index contributed by atoms with van der Waals surface area (Å²) in [4.78, 5) is 13.6. The molecule has 0 aliphatic carbocycles. The number of benzene rings is 1. The van der Waals surface area contributed by atoms with Crippen molar-refractivity contribution in [3.63, 3.8) is 0 Å². The molecule has 1 aliphatic heterocycles. The number of nitrogens with one attached hydrogen (secondary N) is 1. The molecule has 0 saturated heterocycles. The van der Waals surface area contributed by atoms with Crippen LogP contribution in [0.5, 0.6) is 5.75 Å². The van der Waals surface area contributed by atoms with Gasteiger partial charge in [-0.2, -0.15) is 0 Å². The largest absolute Gasteiger partial charge is 0.494 e. The molecule has 1 aromatic rings. The van der Waals surface area contributed by atoms with Gasteiger partial charge < -0.3 is 15.0 Å². The average Bonchev–Trinajstić information content (AvgIpc) is 2.32. The van der Waals surface area contributed by atoms with Gasteiger partial charge in [0.05, 0.1) is 19.3 Å². The van der Waals surface area contributed by atoms with Crippen LogP contribution in [-0.2, 0) is 4.79 Å². The first-order chi connectivity index (χ1) is 7.77. The van der Waals surface area contributed by atoms with Crippen LogP contribution in [-0.4, -0.2) is 26.1 Å². The molecule has 0 radical (unpaired) electrons. The van der Waals surface area contributed by atoms with Gasteiger partial charge in [0.1, 0.15) is 11.4 Å². The molecule has 16 heavy (non-hydrogen) atoms. The van der Waals surface area contributed by atoms with E-state index in [-0.39, 0.29) is 5.91 Å². The number of carbonyl (C=O) groups excluding carboxylic acids is 1. The van der Waals surface area contributed by atoms with Crippen LogP contribution in [0.1, 0.15) is 13.3 Å². The van der Waals surface area contributed by atoms with E-state index in [2.05, 4.69) is 12.2 Å². The van der Waals surface area contributed by atoms with E-state index >= 15 is 0 Å². The van der Waals surface area contributed by atoms with Crippen molar-refractivity contribution in [2.24, 2.45) is 0 Å². The van der Waals surface area contributed by atoms with Crippen LogP contribution in [0.15, 0.2) is 18.2 Å². The number of hydrogen-bond donors (Lipinski definition) is 1. The second-order valence-electron chi connectivity index (χ2n) is 3.76. The van der Waals surface area contributed by atoms with Crippen molar-refractivity contribution in [2.45, 2.75) is 13.3 Å². The number of nitrogens with zero attached hydrogens (tertiary/aromatic N) is 1. The molecule has 0 spiro atoms. The maximum absolute atomic E-state index is 11.8. The molecular weight excluding hydrogens is 204 g/mol. The van der Waals surface area contributed by atoms with E-state index in [0.29, 0.717) is 6.54 Å². The maximum atomic E-state index is 11.8. The fourth-order valence-electron chi connectivity index (χ4n) is 1.96. The Labute approximate surface area is 95.2 Å². The van der Waals surface area contributed by atoms with E-state index in [4.69, 9.17) is 4.74 Å². The molecule has 0 aromatic heterocycles. The molecule has 1 aliphatic rings. The predicted octanol–water partition coefficient (Wildman–Crippen LogP) is 1.86. The van der Waals surface area contributed by atoms with E-state index in [1.807, 2.05) is 18.2 Å². The van der Waals surface area contributed by atoms with Gasteiger partial charge in [-0.05, 0) is 18.6 Å². The molecule has 2 rings (SSSR count). The number of fused-ring (bicyclic) bond motifs is 1. The van der Waals surface area contributed by atoms with Gasteiger partial charge in [0.15, 0.2) is 0 Å². The Morgan fingerprint density at radius 1 is 1.50 bits per heavy atom. The molecule has 0 fully saturated rings. The normalized spacial score (nSPS) is 14.4. The minimum atomic E-state index is 0.0962. The first kappa shape index (κ1) is 10.8.